The Balaban J connectivity index is 2.19. The maximum atomic E-state index is 11.7. The van der Waals surface area contributed by atoms with E-state index in [0.717, 1.165) is 11.3 Å². The van der Waals surface area contributed by atoms with Crippen LogP contribution in [0.4, 0.5) is 5.13 Å². The van der Waals surface area contributed by atoms with E-state index in [2.05, 4.69) is 4.98 Å². The van der Waals surface area contributed by atoms with Crippen LogP contribution in [0.2, 0.25) is 5.02 Å². The van der Waals surface area contributed by atoms with Crippen LogP contribution < -0.4 is 4.90 Å². The van der Waals surface area contributed by atoms with Gasteiger partial charge in [-0.25, -0.2) is 4.98 Å². The summed E-state index contributed by atoms with van der Waals surface area (Å²) in [5.74, 6) is 0.283. The maximum absolute atomic E-state index is 11.7. The molecule has 1 aromatic heterocycles. The topological polar surface area (TPSA) is 33.2 Å². The van der Waals surface area contributed by atoms with Gasteiger partial charge in [0.25, 0.3) is 0 Å². The molecule has 0 radical (unpaired) electrons. The molecule has 2 rings (SSSR count). The Morgan fingerprint density at radius 1 is 1.37 bits per heavy atom. The molecule has 0 saturated heterocycles. The van der Waals surface area contributed by atoms with Crippen LogP contribution in [-0.4, -0.2) is 23.8 Å². The predicted octanol–water partition coefficient (Wildman–Crippen LogP) is 4.06. The lowest BCUT2D eigenvalue weighted by Crippen LogP contribution is -2.26. The van der Waals surface area contributed by atoms with E-state index >= 15 is 0 Å². The van der Waals surface area contributed by atoms with Gasteiger partial charge in [-0.3, -0.25) is 9.69 Å². The zero-order valence-electron chi connectivity index (χ0n) is 10.3. The lowest BCUT2D eigenvalue weighted by Gasteiger charge is -2.12. The number of carbonyl (C=O) groups excluding carboxylic acids is 1. The summed E-state index contributed by atoms with van der Waals surface area (Å²) in [4.78, 5) is 17.7. The van der Waals surface area contributed by atoms with Crippen molar-refractivity contribution in [1.82, 2.24) is 4.98 Å². The predicted molar refractivity (Wildman–Crippen MR) is 81.3 cm³/mol. The van der Waals surface area contributed by atoms with Gasteiger partial charge in [0.2, 0.25) is 5.91 Å². The first kappa shape index (κ1) is 14.3. The van der Waals surface area contributed by atoms with Crippen molar-refractivity contribution in [3.63, 3.8) is 0 Å². The van der Waals surface area contributed by atoms with Crippen molar-refractivity contribution >= 4 is 45.6 Å². The Kier molecular flexibility index (Phi) is 4.80. The first-order valence-corrected chi connectivity index (χ1v) is 7.45. The Morgan fingerprint density at radius 2 is 2.05 bits per heavy atom. The van der Waals surface area contributed by atoms with Crippen LogP contribution in [0, 0.1) is 0 Å². The number of amides is 1. The molecule has 100 valence electrons. The van der Waals surface area contributed by atoms with E-state index in [4.69, 9.17) is 23.2 Å². The average Bonchev–Trinajstić information content (AvgIpc) is 2.88. The number of thiazole rings is 1. The average molecular weight is 315 g/mol. The largest absolute Gasteiger partial charge is 0.291 e. The van der Waals surface area contributed by atoms with E-state index in [0.29, 0.717) is 22.5 Å². The van der Waals surface area contributed by atoms with Crippen LogP contribution >= 0.6 is 34.5 Å². The molecule has 6 heteroatoms. The molecule has 0 aliphatic carbocycles. The van der Waals surface area contributed by atoms with E-state index < -0.39 is 0 Å². The van der Waals surface area contributed by atoms with Gasteiger partial charge in [-0.15, -0.1) is 22.9 Å². The van der Waals surface area contributed by atoms with Crippen molar-refractivity contribution in [2.45, 2.75) is 6.42 Å². The fourth-order valence-corrected chi connectivity index (χ4v) is 2.63. The quantitative estimate of drug-likeness (QED) is 0.797. The van der Waals surface area contributed by atoms with Gasteiger partial charge in [0.1, 0.15) is 0 Å². The van der Waals surface area contributed by atoms with Crippen molar-refractivity contribution in [3.05, 3.63) is 34.7 Å². The molecular formula is C13H12Cl2N2OS. The third kappa shape index (κ3) is 3.47. The summed E-state index contributed by atoms with van der Waals surface area (Å²) in [5.41, 5.74) is 1.81. The number of hydrogen-bond donors (Lipinski definition) is 0. The van der Waals surface area contributed by atoms with Crippen LogP contribution in [0.15, 0.2) is 29.6 Å². The van der Waals surface area contributed by atoms with Crippen LogP contribution in [0.5, 0.6) is 0 Å². The smallest absolute Gasteiger partial charge is 0.229 e. The number of carbonyl (C=O) groups is 1. The van der Waals surface area contributed by atoms with Crippen molar-refractivity contribution in [3.8, 4) is 11.3 Å². The second kappa shape index (κ2) is 6.37. The fraction of sp³-hybridized carbons (Fsp3) is 0.231. The maximum Gasteiger partial charge on any atom is 0.229 e. The second-order valence-electron chi connectivity index (χ2n) is 3.91. The highest BCUT2D eigenvalue weighted by molar-refractivity contribution is 7.14. The second-order valence-corrected chi connectivity index (χ2v) is 5.56. The zero-order chi connectivity index (χ0) is 13.8. The van der Waals surface area contributed by atoms with Gasteiger partial charge < -0.3 is 0 Å². The minimum atomic E-state index is -0.0352. The molecule has 0 spiro atoms. The highest BCUT2D eigenvalue weighted by Crippen LogP contribution is 2.27. The summed E-state index contributed by atoms with van der Waals surface area (Å²) < 4.78 is 0. The van der Waals surface area contributed by atoms with Gasteiger partial charge in [-0.05, 0) is 12.1 Å². The molecule has 2 aromatic rings. The lowest BCUT2D eigenvalue weighted by molar-refractivity contribution is -0.117. The molecule has 0 aliphatic rings. The Morgan fingerprint density at radius 3 is 2.68 bits per heavy atom. The van der Waals surface area contributed by atoms with Crippen molar-refractivity contribution in [2.75, 3.05) is 17.8 Å². The van der Waals surface area contributed by atoms with Crippen molar-refractivity contribution in [1.29, 1.82) is 0 Å². The molecule has 0 unspecified atom stereocenters. The highest BCUT2D eigenvalue weighted by Gasteiger charge is 2.14. The van der Waals surface area contributed by atoms with Gasteiger partial charge in [0, 0.05) is 35.3 Å². The Hall–Kier alpha value is -1.10. The Bertz CT molecular complexity index is 568. The molecular weight excluding hydrogens is 303 g/mol. The van der Waals surface area contributed by atoms with Crippen LogP contribution in [0.25, 0.3) is 11.3 Å². The fourth-order valence-electron chi connectivity index (χ4n) is 1.53. The molecule has 0 bridgehead atoms. The molecule has 3 nitrogen and oxygen atoms in total. The van der Waals surface area contributed by atoms with Crippen molar-refractivity contribution < 1.29 is 4.79 Å². The molecule has 0 saturated carbocycles. The van der Waals surface area contributed by atoms with Crippen LogP contribution in [-0.2, 0) is 4.79 Å². The normalized spacial score (nSPS) is 10.5. The SMILES string of the molecule is CN(C(=O)CCCl)c1nc(-c2ccc(Cl)cc2)cs1. The summed E-state index contributed by atoms with van der Waals surface area (Å²) in [6.45, 7) is 0. The summed E-state index contributed by atoms with van der Waals surface area (Å²) in [6.07, 6.45) is 0.313. The van der Waals surface area contributed by atoms with Gasteiger partial charge in [0.15, 0.2) is 5.13 Å². The summed E-state index contributed by atoms with van der Waals surface area (Å²) >= 11 is 12.8. The van der Waals surface area contributed by atoms with Gasteiger partial charge in [-0.1, -0.05) is 23.7 Å². The molecule has 0 atom stereocenters. The standard InChI is InChI=1S/C13H12Cl2N2OS/c1-17(12(18)6-7-14)13-16-11(8-19-13)9-2-4-10(15)5-3-9/h2-5,8H,6-7H2,1H3. The summed E-state index contributed by atoms with van der Waals surface area (Å²) in [7, 11) is 1.71. The van der Waals surface area contributed by atoms with E-state index in [-0.39, 0.29) is 5.91 Å². The molecule has 0 aliphatic heterocycles. The number of aromatic nitrogens is 1. The molecule has 0 fully saturated rings. The first-order valence-electron chi connectivity index (χ1n) is 5.66. The molecule has 1 heterocycles. The number of hydrogen-bond acceptors (Lipinski definition) is 3. The zero-order valence-corrected chi connectivity index (χ0v) is 12.6. The number of nitrogens with zero attached hydrogens (tertiary/aromatic N) is 2. The van der Waals surface area contributed by atoms with Crippen LogP contribution in [0.1, 0.15) is 6.42 Å². The van der Waals surface area contributed by atoms with Crippen molar-refractivity contribution in [2.24, 2.45) is 0 Å². The van der Waals surface area contributed by atoms with E-state index in [1.165, 1.54) is 16.2 Å². The van der Waals surface area contributed by atoms with Crippen LogP contribution in [0.3, 0.4) is 0 Å². The number of benzene rings is 1. The minimum Gasteiger partial charge on any atom is -0.291 e. The van der Waals surface area contributed by atoms with E-state index in [1.807, 2.05) is 29.6 Å². The Labute approximate surface area is 125 Å². The number of anilines is 1. The highest BCUT2D eigenvalue weighted by atomic mass is 35.5. The summed E-state index contributed by atoms with van der Waals surface area (Å²) in [5, 5.41) is 3.27. The van der Waals surface area contributed by atoms with Gasteiger partial charge >= 0.3 is 0 Å². The molecule has 0 N–H and O–H groups in total. The number of halogens is 2. The third-order valence-electron chi connectivity index (χ3n) is 2.60. The lowest BCUT2D eigenvalue weighted by atomic mass is 10.2. The number of alkyl halides is 1. The van der Waals surface area contributed by atoms with E-state index in [1.54, 1.807) is 7.05 Å². The summed E-state index contributed by atoms with van der Waals surface area (Å²) in [6, 6.07) is 7.44. The van der Waals surface area contributed by atoms with Gasteiger partial charge in [0.05, 0.1) is 5.69 Å². The minimum absolute atomic E-state index is 0.0352. The van der Waals surface area contributed by atoms with Gasteiger partial charge in [-0.2, -0.15) is 0 Å². The third-order valence-corrected chi connectivity index (χ3v) is 3.96. The monoisotopic (exact) mass is 314 g/mol. The van der Waals surface area contributed by atoms with E-state index in [9.17, 15) is 4.79 Å². The molecule has 1 aromatic carbocycles. The first-order chi connectivity index (χ1) is 9.11. The molecule has 19 heavy (non-hydrogen) atoms. The number of rotatable bonds is 4. The molecule has 1 amide bonds.